The monoisotopic (exact) mass is 413 g/mol. The van der Waals surface area contributed by atoms with Crippen molar-refractivity contribution in [3.05, 3.63) is 76.3 Å². The first-order valence-electron chi connectivity index (χ1n) is 8.32. The molecule has 3 rings (SSSR count). The fourth-order valence-electron chi connectivity index (χ4n) is 2.83. The summed E-state index contributed by atoms with van der Waals surface area (Å²) in [4.78, 5) is 12.2. The van der Waals surface area contributed by atoms with Crippen LogP contribution in [0.25, 0.3) is 10.8 Å². The molecule has 3 aromatic rings. The van der Waals surface area contributed by atoms with Crippen LogP contribution >= 0.6 is 15.9 Å². The molecule has 0 aliphatic rings. The third kappa shape index (κ3) is 4.06. The molecule has 4 nitrogen and oxygen atoms in total. The van der Waals surface area contributed by atoms with Gasteiger partial charge in [0.15, 0.2) is 6.10 Å². The van der Waals surface area contributed by atoms with Gasteiger partial charge in [0.1, 0.15) is 5.75 Å². The number of fused-ring (bicyclic) bond motifs is 1. The van der Waals surface area contributed by atoms with Gasteiger partial charge in [-0.3, -0.25) is 0 Å². The van der Waals surface area contributed by atoms with E-state index in [9.17, 15) is 4.79 Å². The number of esters is 1. The first-order valence-corrected chi connectivity index (χ1v) is 9.11. The molecule has 0 saturated heterocycles. The van der Waals surface area contributed by atoms with Crippen molar-refractivity contribution in [1.82, 2.24) is 0 Å². The Labute approximate surface area is 161 Å². The van der Waals surface area contributed by atoms with E-state index in [1.165, 1.54) is 7.11 Å². The number of hydrogen-bond acceptors (Lipinski definition) is 4. The van der Waals surface area contributed by atoms with E-state index >= 15 is 0 Å². The summed E-state index contributed by atoms with van der Waals surface area (Å²) < 4.78 is 11.7. The highest BCUT2D eigenvalue weighted by molar-refractivity contribution is 9.10. The molecule has 0 radical (unpaired) electrons. The van der Waals surface area contributed by atoms with Crippen molar-refractivity contribution in [2.45, 2.75) is 19.1 Å². The molecule has 1 unspecified atom stereocenters. The molecule has 0 aliphatic heterocycles. The van der Waals surface area contributed by atoms with Crippen LogP contribution < -0.4 is 10.5 Å². The number of nitrogens with two attached hydrogens (primary N) is 1. The Hall–Kier alpha value is -2.37. The van der Waals surface area contributed by atoms with Gasteiger partial charge in [0, 0.05) is 13.0 Å². The van der Waals surface area contributed by atoms with Crippen LogP contribution in [-0.4, -0.2) is 19.2 Å². The number of carbonyl (C=O) groups excluding carboxylic acids is 1. The van der Waals surface area contributed by atoms with Gasteiger partial charge in [-0.2, -0.15) is 0 Å². The van der Waals surface area contributed by atoms with Crippen LogP contribution in [-0.2, 0) is 22.5 Å². The van der Waals surface area contributed by atoms with Crippen molar-refractivity contribution >= 4 is 32.7 Å². The second-order valence-electron chi connectivity index (χ2n) is 5.96. The molecule has 0 spiro atoms. The Bertz CT molecular complexity index is 912. The quantitative estimate of drug-likeness (QED) is 0.614. The van der Waals surface area contributed by atoms with E-state index in [-0.39, 0.29) is 0 Å². The zero-order valence-electron chi connectivity index (χ0n) is 14.4. The first kappa shape index (κ1) is 18.4. The van der Waals surface area contributed by atoms with Crippen LogP contribution in [0, 0.1) is 0 Å². The maximum atomic E-state index is 12.2. The second-order valence-corrected chi connectivity index (χ2v) is 6.75. The van der Waals surface area contributed by atoms with Crippen LogP contribution in [0.2, 0.25) is 0 Å². The zero-order valence-corrected chi connectivity index (χ0v) is 16.0. The van der Waals surface area contributed by atoms with Gasteiger partial charge < -0.3 is 15.2 Å². The Morgan fingerprint density at radius 2 is 1.85 bits per heavy atom. The Morgan fingerprint density at radius 1 is 1.08 bits per heavy atom. The van der Waals surface area contributed by atoms with Crippen molar-refractivity contribution in [2.24, 2.45) is 5.73 Å². The molecule has 0 amide bonds. The van der Waals surface area contributed by atoms with Crippen LogP contribution in [0.4, 0.5) is 0 Å². The highest BCUT2D eigenvalue weighted by atomic mass is 79.9. The van der Waals surface area contributed by atoms with E-state index in [1.54, 1.807) is 0 Å². The number of ether oxygens (including phenoxy) is 2. The fraction of sp³-hybridized carbons (Fsp3) is 0.190. The van der Waals surface area contributed by atoms with Gasteiger partial charge in [-0.25, -0.2) is 4.79 Å². The predicted octanol–water partition coefficient (Wildman–Crippen LogP) is 4.22. The lowest BCUT2D eigenvalue weighted by Crippen LogP contribution is -2.31. The molecule has 1 atom stereocenters. The molecule has 3 aromatic carbocycles. The summed E-state index contributed by atoms with van der Waals surface area (Å²) in [5, 5.41) is 2.06. The molecule has 0 fully saturated rings. The minimum atomic E-state index is -0.723. The molecule has 0 heterocycles. The maximum absolute atomic E-state index is 12.2. The summed E-state index contributed by atoms with van der Waals surface area (Å²) in [6.07, 6.45) is -0.288. The van der Waals surface area contributed by atoms with E-state index in [2.05, 4.69) is 15.9 Å². The summed E-state index contributed by atoms with van der Waals surface area (Å²) in [7, 11) is 1.37. The Morgan fingerprint density at radius 3 is 2.54 bits per heavy atom. The van der Waals surface area contributed by atoms with Gasteiger partial charge in [0.05, 0.1) is 11.6 Å². The number of halogens is 1. The van der Waals surface area contributed by atoms with Crippen molar-refractivity contribution in [2.75, 3.05) is 7.11 Å². The third-order valence-corrected chi connectivity index (χ3v) is 5.03. The second kappa shape index (κ2) is 8.34. The van der Waals surface area contributed by atoms with Gasteiger partial charge in [-0.15, -0.1) is 0 Å². The topological polar surface area (TPSA) is 61.5 Å². The van der Waals surface area contributed by atoms with E-state index in [0.717, 1.165) is 26.4 Å². The van der Waals surface area contributed by atoms with Crippen molar-refractivity contribution in [1.29, 1.82) is 0 Å². The van der Waals surface area contributed by atoms with E-state index < -0.39 is 12.1 Å². The van der Waals surface area contributed by atoms with E-state index in [0.29, 0.717) is 18.7 Å². The molecule has 26 heavy (non-hydrogen) atoms. The van der Waals surface area contributed by atoms with Crippen LogP contribution in [0.3, 0.4) is 0 Å². The Balaban J connectivity index is 1.90. The van der Waals surface area contributed by atoms with Gasteiger partial charge in [-0.05, 0) is 50.0 Å². The number of carbonyl (C=O) groups is 1. The molecule has 5 heteroatoms. The molecular formula is C21H20BrNO3. The number of benzene rings is 3. The van der Waals surface area contributed by atoms with Gasteiger partial charge in [0.25, 0.3) is 0 Å². The molecule has 0 aliphatic carbocycles. The summed E-state index contributed by atoms with van der Waals surface area (Å²) in [5.74, 6) is 0.198. The minimum Gasteiger partial charge on any atom is -0.477 e. The average molecular weight is 414 g/mol. The van der Waals surface area contributed by atoms with Gasteiger partial charge >= 0.3 is 5.97 Å². The molecular weight excluding hydrogens is 394 g/mol. The zero-order chi connectivity index (χ0) is 18.5. The molecule has 134 valence electrons. The maximum Gasteiger partial charge on any atom is 0.347 e. The number of rotatable bonds is 6. The highest BCUT2D eigenvalue weighted by Gasteiger charge is 2.23. The standard InChI is InChI=1S/C21H20BrNO3/c1-25-21(24)19(12-14-5-3-2-4-6-14)26-18-10-8-16-11-15(13-23)7-9-17(16)20(18)22/h2-11,19H,12-13,23H2,1H3. The number of methoxy groups -OCH3 is 1. The predicted molar refractivity (Wildman–Crippen MR) is 106 cm³/mol. The lowest BCUT2D eigenvalue weighted by Gasteiger charge is -2.19. The molecule has 0 bridgehead atoms. The average Bonchev–Trinajstić information content (AvgIpc) is 2.69. The lowest BCUT2D eigenvalue weighted by atomic mass is 10.1. The summed E-state index contributed by atoms with van der Waals surface area (Å²) in [5.41, 5.74) is 7.78. The number of hydrogen-bond donors (Lipinski definition) is 1. The van der Waals surface area contributed by atoms with Gasteiger partial charge in [-0.1, -0.05) is 48.5 Å². The van der Waals surface area contributed by atoms with Crippen LogP contribution in [0.5, 0.6) is 5.75 Å². The SMILES string of the molecule is COC(=O)C(Cc1ccccc1)Oc1ccc2cc(CN)ccc2c1Br. The van der Waals surface area contributed by atoms with Crippen molar-refractivity contribution in [3.63, 3.8) is 0 Å². The summed E-state index contributed by atoms with van der Waals surface area (Å²) in [6, 6.07) is 19.6. The van der Waals surface area contributed by atoms with E-state index in [4.69, 9.17) is 15.2 Å². The van der Waals surface area contributed by atoms with Crippen LogP contribution in [0.15, 0.2) is 65.1 Å². The summed E-state index contributed by atoms with van der Waals surface area (Å²) >= 11 is 3.60. The van der Waals surface area contributed by atoms with Gasteiger partial charge in [0.2, 0.25) is 0 Å². The minimum absolute atomic E-state index is 0.403. The molecule has 0 aromatic heterocycles. The van der Waals surface area contributed by atoms with E-state index in [1.807, 2.05) is 60.7 Å². The van der Waals surface area contributed by atoms with Crippen molar-refractivity contribution in [3.8, 4) is 5.75 Å². The third-order valence-electron chi connectivity index (χ3n) is 4.22. The van der Waals surface area contributed by atoms with Crippen molar-refractivity contribution < 1.29 is 14.3 Å². The largest absolute Gasteiger partial charge is 0.477 e. The fourth-order valence-corrected chi connectivity index (χ4v) is 3.41. The normalized spacial score (nSPS) is 12.0. The first-order chi connectivity index (χ1) is 12.6. The smallest absolute Gasteiger partial charge is 0.347 e. The Kier molecular flexibility index (Phi) is 5.91. The molecule has 0 saturated carbocycles. The molecule has 2 N–H and O–H groups in total. The van der Waals surface area contributed by atoms with Crippen LogP contribution in [0.1, 0.15) is 11.1 Å². The highest BCUT2D eigenvalue weighted by Crippen LogP contribution is 2.34. The lowest BCUT2D eigenvalue weighted by molar-refractivity contribution is -0.148. The summed E-state index contributed by atoms with van der Waals surface area (Å²) in [6.45, 7) is 0.493.